The number of hydrogen-bond acceptors (Lipinski definition) is 3. The van der Waals surface area contributed by atoms with Crippen molar-refractivity contribution in [3.05, 3.63) is 5.82 Å². The number of aromatic nitrogens is 3. The van der Waals surface area contributed by atoms with Crippen LogP contribution in [0.25, 0.3) is 0 Å². The highest BCUT2D eigenvalue weighted by molar-refractivity contribution is 5.90. The molecule has 1 aromatic heterocycles. The molecule has 1 rings (SSSR count). The van der Waals surface area contributed by atoms with E-state index in [1.165, 1.54) is 0 Å². The smallest absolute Gasteiger partial charge is 0.248 e. The van der Waals surface area contributed by atoms with Crippen molar-refractivity contribution in [1.29, 1.82) is 0 Å². The average Bonchev–Trinajstić information content (AvgIpc) is 2.63. The summed E-state index contributed by atoms with van der Waals surface area (Å²) in [6.45, 7) is 5.98. The zero-order valence-electron chi connectivity index (χ0n) is 10.2. The quantitative estimate of drug-likeness (QED) is 0.778. The van der Waals surface area contributed by atoms with Crippen molar-refractivity contribution < 1.29 is 4.79 Å². The van der Waals surface area contributed by atoms with Crippen molar-refractivity contribution in [2.24, 2.45) is 5.92 Å². The summed E-state index contributed by atoms with van der Waals surface area (Å²) in [5.74, 6) is 1.19. The van der Waals surface area contributed by atoms with E-state index in [4.69, 9.17) is 0 Å². The average molecular weight is 224 g/mol. The first kappa shape index (κ1) is 12.7. The summed E-state index contributed by atoms with van der Waals surface area (Å²) in [5, 5.41) is 9.33. The zero-order chi connectivity index (χ0) is 12.0. The minimum absolute atomic E-state index is 0.0303. The van der Waals surface area contributed by atoms with Gasteiger partial charge in [-0.2, -0.15) is 4.98 Å². The van der Waals surface area contributed by atoms with E-state index in [9.17, 15) is 4.79 Å². The molecular weight excluding hydrogens is 204 g/mol. The van der Waals surface area contributed by atoms with Crippen molar-refractivity contribution >= 4 is 11.9 Å². The van der Waals surface area contributed by atoms with Crippen LogP contribution >= 0.6 is 0 Å². The Morgan fingerprint density at radius 2 is 2.00 bits per heavy atom. The van der Waals surface area contributed by atoms with Gasteiger partial charge in [0.15, 0.2) is 0 Å². The number of rotatable bonds is 6. The maximum atomic E-state index is 11.9. The Bertz CT molecular complexity index is 328. The van der Waals surface area contributed by atoms with Gasteiger partial charge in [0.2, 0.25) is 11.9 Å². The Kier molecular flexibility index (Phi) is 4.95. The van der Waals surface area contributed by atoms with E-state index >= 15 is 0 Å². The number of anilines is 1. The molecule has 2 N–H and O–H groups in total. The molecule has 0 bridgehead atoms. The second kappa shape index (κ2) is 6.25. The van der Waals surface area contributed by atoms with Gasteiger partial charge in [-0.15, -0.1) is 5.10 Å². The van der Waals surface area contributed by atoms with Gasteiger partial charge in [-0.25, -0.2) is 0 Å². The summed E-state index contributed by atoms with van der Waals surface area (Å²) >= 11 is 0. The van der Waals surface area contributed by atoms with Gasteiger partial charge in [-0.05, 0) is 19.8 Å². The molecule has 1 aromatic rings. The number of carbonyl (C=O) groups excluding carboxylic acids is 1. The highest BCUT2D eigenvalue weighted by Gasteiger charge is 2.17. The number of nitrogens with zero attached hydrogens (tertiary/aromatic N) is 2. The standard InChI is InChI=1S/C11H20N4O/c1-4-6-9(7-5-2)10(16)13-11-12-8(3)14-15-11/h9H,4-7H2,1-3H3,(H2,12,13,14,15,16). The largest absolute Gasteiger partial charge is 0.293 e. The molecule has 0 atom stereocenters. The van der Waals surface area contributed by atoms with Crippen LogP contribution in [-0.2, 0) is 4.79 Å². The normalized spacial score (nSPS) is 10.8. The molecular formula is C11H20N4O. The lowest BCUT2D eigenvalue weighted by Crippen LogP contribution is -2.23. The van der Waals surface area contributed by atoms with Crippen LogP contribution in [0.4, 0.5) is 5.95 Å². The molecule has 0 aliphatic carbocycles. The number of nitrogens with one attached hydrogen (secondary N) is 2. The molecule has 0 aliphatic heterocycles. The summed E-state index contributed by atoms with van der Waals surface area (Å²) in [6.07, 6.45) is 3.88. The lowest BCUT2D eigenvalue weighted by molar-refractivity contribution is -0.120. The van der Waals surface area contributed by atoms with Gasteiger partial charge in [0, 0.05) is 5.92 Å². The Morgan fingerprint density at radius 3 is 2.44 bits per heavy atom. The number of H-pyrrole nitrogens is 1. The maximum absolute atomic E-state index is 11.9. The van der Waals surface area contributed by atoms with E-state index in [1.807, 2.05) is 0 Å². The van der Waals surface area contributed by atoms with Gasteiger partial charge in [-0.1, -0.05) is 26.7 Å². The van der Waals surface area contributed by atoms with Crippen LogP contribution < -0.4 is 5.32 Å². The molecule has 16 heavy (non-hydrogen) atoms. The van der Waals surface area contributed by atoms with Crippen LogP contribution in [0, 0.1) is 12.8 Å². The van der Waals surface area contributed by atoms with Crippen LogP contribution in [0.15, 0.2) is 0 Å². The van der Waals surface area contributed by atoms with Crippen molar-refractivity contribution in [2.45, 2.75) is 46.5 Å². The van der Waals surface area contributed by atoms with Crippen LogP contribution in [-0.4, -0.2) is 21.1 Å². The zero-order valence-corrected chi connectivity index (χ0v) is 10.2. The van der Waals surface area contributed by atoms with E-state index in [1.54, 1.807) is 6.92 Å². The molecule has 5 nitrogen and oxygen atoms in total. The van der Waals surface area contributed by atoms with Crippen LogP contribution in [0.3, 0.4) is 0 Å². The van der Waals surface area contributed by atoms with E-state index < -0.39 is 0 Å². The fraction of sp³-hybridized carbons (Fsp3) is 0.727. The minimum Gasteiger partial charge on any atom is -0.293 e. The molecule has 1 amide bonds. The van der Waals surface area contributed by atoms with Gasteiger partial charge in [0.25, 0.3) is 0 Å². The molecule has 1 heterocycles. The molecule has 0 saturated heterocycles. The predicted octanol–water partition coefficient (Wildman–Crippen LogP) is 2.27. The summed E-state index contributed by atoms with van der Waals surface area (Å²) in [6, 6.07) is 0. The Balaban J connectivity index is 2.54. The first-order valence-corrected chi connectivity index (χ1v) is 5.87. The predicted molar refractivity (Wildman–Crippen MR) is 63.1 cm³/mol. The number of amides is 1. The lowest BCUT2D eigenvalue weighted by Gasteiger charge is -2.13. The maximum Gasteiger partial charge on any atom is 0.248 e. The number of aromatic amines is 1. The topological polar surface area (TPSA) is 70.7 Å². The van der Waals surface area contributed by atoms with Crippen molar-refractivity contribution in [2.75, 3.05) is 5.32 Å². The third-order valence-electron chi connectivity index (χ3n) is 2.48. The molecule has 0 aliphatic rings. The second-order valence-electron chi connectivity index (χ2n) is 4.01. The fourth-order valence-electron chi connectivity index (χ4n) is 1.71. The monoisotopic (exact) mass is 224 g/mol. The molecule has 90 valence electrons. The first-order chi connectivity index (χ1) is 7.67. The van der Waals surface area contributed by atoms with Crippen LogP contribution in [0.5, 0.6) is 0 Å². The van der Waals surface area contributed by atoms with Crippen molar-refractivity contribution in [3.63, 3.8) is 0 Å². The molecule has 0 fully saturated rings. The van der Waals surface area contributed by atoms with Gasteiger partial charge < -0.3 is 0 Å². The Hall–Kier alpha value is -1.39. The highest BCUT2D eigenvalue weighted by Crippen LogP contribution is 2.15. The summed E-state index contributed by atoms with van der Waals surface area (Å²) in [7, 11) is 0. The fourth-order valence-corrected chi connectivity index (χ4v) is 1.71. The Labute approximate surface area is 96.0 Å². The van der Waals surface area contributed by atoms with Gasteiger partial charge in [0.05, 0.1) is 0 Å². The third kappa shape index (κ3) is 3.64. The first-order valence-electron chi connectivity index (χ1n) is 5.87. The highest BCUT2D eigenvalue weighted by atomic mass is 16.2. The van der Waals surface area contributed by atoms with Crippen LogP contribution in [0.1, 0.15) is 45.4 Å². The van der Waals surface area contributed by atoms with Crippen LogP contribution in [0.2, 0.25) is 0 Å². The third-order valence-corrected chi connectivity index (χ3v) is 2.48. The number of hydrogen-bond donors (Lipinski definition) is 2. The van der Waals surface area contributed by atoms with E-state index in [2.05, 4.69) is 34.3 Å². The molecule has 5 heteroatoms. The molecule has 0 radical (unpaired) electrons. The van der Waals surface area contributed by atoms with Gasteiger partial charge in [0.1, 0.15) is 5.82 Å². The molecule has 0 unspecified atom stereocenters. The molecule has 0 aromatic carbocycles. The van der Waals surface area contributed by atoms with Gasteiger partial charge >= 0.3 is 0 Å². The number of aryl methyl sites for hydroxylation is 1. The van der Waals surface area contributed by atoms with E-state index in [0.717, 1.165) is 25.7 Å². The summed E-state index contributed by atoms with van der Waals surface area (Å²) in [4.78, 5) is 16.0. The molecule has 0 spiro atoms. The summed E-state index contributed by atoms with van der Waals surface area (Å²) in [5.41, 5.74) is 0. The van der Waals surface area contributed by atoms with E-state index in [-0.39, 0.29) is 11.8 Å². The SMILES string of the molecule is CCCC(CCC)C(=O)Nc1n[nH]c(C)n1. The number of carbonyl (C=O) groups is 1. The van der Waals surface area contributed by atoms with E-state index in [0.29, 0.717) is 11.8 Å². The van der Waals surface area contributed by atoms with Crippen molar-refractivity contribution in [1.82, 2.24) is 15.2 Å². The minimum atomic E-state index is 0.0303. The van der Waals surface area contributed by atoms with Gasteiger partial charge in [-0.3, -0.25) is 15.2 Å². The summed E-state index contributed by atoms with van der Waals surface area (Å²) < 4.78 is 0. The Morgan fingerprint density at radius 1 is 1.38 bits per heavy atom. The second-order valence-corrected chi connectivity index (χ2v) is 4.01. The lowest BCUT2D eigenvalue weighted by atomic mass is 9.97. The molecule has 0 saturated carbocycles. The van der Waals surface area contributed by atoms with Crippen molar-refractivity contribution in [3.8, 4) is 0 Å².